The molecule has 1 fully saturated rings. The third kappa shape index (κ3) is 4.05. The molecule has 1 aromatic carbocycles. The van der Waals surface area contributed by atoms with E-state index in [1.54, 1.807) is 12.1 Å². The molecule has 2 heterocycles. The van der Waals surface area contributed by atoms with Crippen LogP contribution in [0.25, 0.3) is 0 Å². The monoisotopic (exact) mass is 387 g/mol. The second-order valence-corrected chi connectivity index (χ2v) is 6.62. The fourth-order valence-electron chi connectivity index (χ4n) is 2.86. The molecular weight excluding hydrogens is 370 g/mol. The molecular formula is C18H18BrN3O2. The Morgan fingerprint density at radius 1 is 1.12 bits per heavy atom. The normalized spacial score (nSPS) is 15.8. The first-order chi connectivity index (χ1) is 11.7. The van der Waals surface area contributed by atoms with Crippen molar-refractivity contribution in [1.82, 2.24) is 9.80 Å². The van der Waals surface area contributed by atoms with E-state index >= 15 is 0 Å². The average Bonchev–Trinajstić information content (AvgIpc) is 2.90. The Bertz CT molecular complexity index is 748. The number of nitriles is 1. The van der Waals surface area contributed by atoms with Gasteiger partial charge in [0.15, 0.2) is 10.4 Å². The second-order valence-electron chi connectivity index (χ2n) is 5.83. The highest BCUT2D eigenvalue weighted by molar-refractivity contribution is 9.10. The molecule has 0 unspecified atom stereocenters. The first-order valence-corrected chi connectivity index (χ1v) is 8.71. The van der Waals surface area contributed by atoms with Crippen LogP contribution in [0.1, 0.15) is 28.1 Å². The van der Waals surface area contributed by atoms with E-state index in [1.165, 1.54) is 5.56 Å². The average molecular weight is 388 g/mol. The zero-order chi connectivity index (χ0) is 16.9. The van der Waals surface area contributed by atoms with Gasteiger partial charge in [0.2, 0.25) is 0 Å². The third-order valence-corrected chi connectivity index (χ3v) is 4.58. The molecule has 1 aliphatic rings. The lowest BCUT2D eigenvalue weighted by molar-refractivity contribution is 0.0728. The summed E-state index contributed by atoms with van der Waals surface area (Å²) in [6, 6.07) is 13.2. The number of nitrogens with zero attached hydrogens (tertiary/aromatic N) is 3. The minimum Gasteiger partial charge on any atom is -0.444 e. The highest BCUT2D eigenvalue weighted by Crippen LogP contribution is 2.17. The Kier molecular flexibility index (Phi) is 5.34. The van der Waals surface area contributed by atoms with Gasteiger partial charge in [-0.25, -0.2) is 0 Å². The first kappa shape index (κ1) is 16.7. The molecule has 0 bridgehead atoms. The van der Waals surface area contributed by atoms with Crippen molar-refractivity contribution in [3.05, 3.63) is 58.0 Å². The van der Waals surface area contributed by atoms with Crippen LogP contribution < -0.4 is 0 Å². The summed E-state index contributed by atoms with van der Waals surface area (Å²) in [5.41, 5.74) is 1.86. The van der Waals surface area contributed by atoms with Crippen LogP contribution in [0, 0.1) is 11.3 Å². The molecule has 1 aromatic heterocycles. The molecule has 0 N–H and O–H groups in total. The SMILES string of the molecule is N#Cc1ccc(CN2CCCN(C(=O)c3ccc(Br)o3)CC2)cc1. The molecule has 0 spiro atoms. The van der Waals surface area contributed by atoms with Crippen LogP contribution in [-0.2, 0) is 6.54 Å². The van der Waals surface area contributed by atoms with E-state index in [0.717, 1.165) is 32.6 Å². The first-order valence-electron chi connectivity index (χ1n) is 7.92. The number of halogens is 1. The molecule has 1 amide bonds. The number of hydrogen-bond donors (Lipinski definition) is 0. The van der Waals surface area contributed by atoms with Crippen molar-refractivity contribution in [1.29, 1.82) is 5.26 Å². The minimum absolute atomic E-state index is 0.0547. The van der Waals surface area contributed by atoms with Gasteiger partial charge >= 0.3 is 0 Å². The maximum atomic E-state index is 12.5. The number of carbonyl (C=O) groups excluding carboxylic acids is 1. The van der Waals surface area contributed by atoms with Gasteiger partial charge in [-0.2, -0.15) is 5.26 Å². The van der Waals surface area contributed by atoms with Gasteiger partial charge in [-0.15, -0.1) is 0 Å². The van der Waals surface area contributed by atoms with Crippen molar-refractivity contribution in [2.45, 2.75) is 13.0 Å². The molecule has 1 aliphatic heterocycles. The zero-order valence-electron chi connectivity index (χ0n) is 13.2. The summed E-state index contributed by atoms with van der Waals surface area (Å²) in [5.74, 6) is 0.323. The summed E-state index contributed by atoms with van der Waals surface area (Å²) in [6.45, 7) is 4.04. The quantitative estimate of drug-likeness (QED) is 0.810. The van der Waals surface area contributed by atoms with Gasteiger partial charge in [0.05, 0.1) is 11.6 Å². The Balaban J connectivity index is 1.58. The maximum Gasteiger partial charge on any atom is 0.289 e. The van der Waals surface area contributed by atoms with Crippen molar-refractivity contribution in [2.75, 3.05) is 26.2 Å². The fraction of sp³-hybridized carbons (Fsp3) is 0.333. The summed E-state index contributed by atoms with van der Waals surface area (Å²) in [4.78, 5) is 16.7. The molecule has 0 atom stereocenters. The number of rotatable bonds is 3. The van der Waals surface area contributed by atoms with Crippen LogP contribution in [0.4, 0.5) is 0 Å². The zero-order valence-corrected chi connectivity index (χ0v) is 14.8. The van der Waals surface area contributed by atoms with E-state index in [0.29, 0.717) is 22.5 Å². The fourth-order valence-corrected chi connectivity index (χ4v) is 3.17. The molecule has 1 saturated heterocycles. The van der Waals surface area contributed by atoms with Crippen LogP contribution in [0.3, 0.4) is 0 Å². The van der Waals surface area contributed by atoms with E-state index in [2.05, 4.69) is 26.9 Å². The Morgan fingerprint density at radius 2 is 1.92 bits per heavy atom. The van der Waals surface area contributed by atoms with E-state index < -0.39 is 0 Å². The number of furan rings is 1. The standard InChI is InChI=1S/C18H18BrN3O2/c19-17-7-6-16(24-17)18(23)22-9-1-8-21(10-11-22)13-15-4-2-14(12-20)3-5-15/h2-7H,1,8-11,13H2. The van der Waals surface area contributed by atoms with Crippen LogP contribution >= 0.6 is 15.9 Å². The van der Waals surface area contributed by atoms with Gasteiger partial charge in [0.1, 0.15) is 0 Å². The lowest BCUT2D eigenvalue weighted by atomic mass is 10.1. The van der Waals surface area contributed by atoms with Crippen LogP contribution in [-0.4, -0.2) is 41.9 Å². The van der Waals surface area contributed by atoms with Crippen molar-refractivity contribution < 1.29 is 9.21 Å². The van der Waals surface area contributed by atoms with Gasteiger partial charge < -0.3 is 9.32 Å². The topological polar surface area (TPSA) is 60.5 Å². The number of carbonyl (C=O) groups is 1. The second kappa shape index (κ2) is 7.65. The Labute approximate surface area is 149 Å². The molecule has 124 valence electrons. The van der Waals surface area contributed by atoms with Crippen molar-refractivity contribution >= 4 is 21.8 Å². The van der Waals surface area contributed by atoms with Crippen molar-refractivity contribution in [3.8, 4) is 6.07 Å². The largest absolute Gasteiger partial charge is 0.444 e. The van der Waals surface area contributed by atoms with Crippen LogP contribution in [0.5, 0.6) is 0 Å². The predicted octanol–water partition coefficient (Wildman–Crippen LogP) is 3.26. The molecule has 2 aromatic rings. The Morgan fingerprint density at radius 3 is 2.58 bits per heavy atom. The molecule has 0 saturated carbocycles. The smallest absolute Gasteiger partial charge is 0.289 e. The van der Waals surface area contributed by atoms with Crippen molar-refractivity contribution in [3.63, 3.8) is 0 Å². The Hall–Kier alpha value is -2.10. The molecule has 6 heteroatoms. The van der Waals surface area contributed by atoms with Crippen LogP contribution in [0.2, 0.25) is 0 Å². The van der Waals surface area contributed by atoms with Gasteiger partial charge in [-0.1, -0.05) is 12.1 Å². The van der Waals surface area contributed by atoms with Gasteiger partial charge in [0.25, 0.3) is 5.91 Å². The lowest BCUT2D eigenvalue weighted by Crippen LogP contribution is -2.34. The molecule has 0 radical (unpaired) electrons. The van der Waals surface area contributed by atoms with Crippen molar-refractivity contribution in [2.24, 2.45) is 0 Å². The van der Waals surface area contributed by atoms with Gasteiger partial charge in [0, 0.05) is 32.7 Å². The highest BCUT2D eigenvalue weighted by Gasteiger charge is 2.22. The summed E-state index contributed by atoms with van der Waals surface area (Å²) in [6.07, 6.45) is 0.934. The van der Waals surface area contributed by atoms with E-state index in [4.69, 9.17) is 9.68 Å². The third-order valence-electron chi connectivity index (χ3n) is 4.15. The molecule has 0 aliphatic carbocycles. The number of hydrogen-bond acceptors (Lipinski definition) is 4. The summed E-state index contributed by atoms with van der Waals surface area (Å²) < 4.78 is 5.94. The van der Waals surface area contributed by atoms with E-state index in [-0.39, 0.29) is 5.91 Å². The highest BCUT2D eigenvalue weighted by atomic mass is 79.9. The molecule has 24 heavy (non-hydrogen) atoms. The van der Waals surface area contributed by atoms with E-state index in [1.807, 2.05) is 29.2 Å². The van der Waals surface area contributed by atoms with Crippen LogP contribution in [0.15, 0.2) is 45.5 Å². The molecule has 3 rings (SSSR count). The van der Waals surface area contributed by atoms with Gasteiger partial charge in [-0.3, -0.25) is 9.69 Å². The lowest BCUT2D eigenvalue weighted by Gasteiger charge is -2.21. The summed E-state index contributed by atoms with van der Waals surface area (Å²) >= 11 is 3.23. The number of amides is 1. The van der Waals surface area contributed by atoms with E-state index in [9.17, 15) is 4.79 Å². The van der Waals surface area contributed by atoms with Gasteiger partial charge in [-0.05, 0) is 52.2 Å². The summed E-state index contributed by atoms with van der Waals surface area (Å²) in [7, 11) is 0. The molecule has 5 nitrogen and oxygen atoms in total. The predicted molar refractivity (Wildman–Crippen MR) is 93.4 cm³/mol. The number of benzene rings is 1. The summed E-state index contributed by atoms with van der Waals surface area (Å²) in [5, 5.41) is 8.86. The maximum absolute atomic E-state index is 12.5. The minimum atomic E-state index is -0.0547.